The molecule has 0 unspecified atom stereocenters. The summed E-state index contributed by atoms with van der Waals surface area (Å²) in [6, 6.07) is 0. The van der Waals surface area contributed by atoms with E-state index in [4.69, 9.17) is 5.11 Å². The zero-order chi connectivity index (χ0) is 5.11. The van der Waals surface area contributed by atoms with Crippen LogP contribution in [0.5, 0.6) is 0 Å². The van der Waals surface area contributed by atoms with E-state index in [1.165, 1.54) is 0 Å². The molecule has 0 spiro atoms. The third kappa shape index (κ3) is 4.02. The van der Waals surface area contributed by atoms with Crippen molar-refractivity contribution in [1.82, 2.24) is 0 Å². The maximum Gasteiger partial charge on any atom is 0.0135 e. The average molecular weight is 229 g/mol. The van der Waals surface area contributed by atoms with Gasteiger partial charge in [0.2, 0.25) is 0 Å². The van der Waals surface area contributed by atoms with Crippen LogP contribution in [0.15, 0.2) is 12.4 Å². The second kappa shape index (κ2) is 6.66. The number of hydrogen-bond acceptors (Lipinski definition) is 1. The normalized spacial score (nSPS) is 14.8. The maximum absolute atomic E-state index is 8.34. The van der Waals surface area contributed by atoms with Gasteiger partial charge < -0.3 is 15.7 Å². The largest absolute Gasteiger partial charge is 0.703 e. The van der Waals surface area contributed by atoms with Crippen molar-refractivity contribution in [1.29, 1.82) is 0 Å². The Morgan fingerprint density at radius 1 is 1.22 bits per heavy atom. The van der Waals surface area contributed by atoms with Gasteiger partial charge in [-0.3, -0.25) is 0 Å². The van der Waals surface area contributed by atoms with Gasteiger partial charge in [-0.15, -0.1) is 0 Å². The van der Waals surface area contributed by atoms with E-state index < -0.39 is 0 Å². The number of aliphatic hydroxyl groups is 1. The summed E-state index contributed by atoms with van der Waals surface area (Å²) in [6.07, 6.45) is 2.96. The Balaban J connectivity index is 0. The molecule has 1 rings (SSSR count). The first kappa shape index (κ1) is 12.2. The van der Waals surface area contributed by atoms with Crippen molar-refractivity contribution in [3.05, 3.63) is 23.0 Å². The minimum absolute atomic E-state index is 0. The van der Waals surface area contributed by atoms with Crippen molar-refractivity contribution in [3.63, 3.8) is 0 Å². The number of aliphatic hydroxyl groups excluding tert-OH is 1. The van der Waals surface area contributed by atoms with Crippen molar-refractivity contribution in [3.8, 4) is 0 Å². The van der Waals surface area contributed by atoms with Crippen LogP contribution in [0.4, 0.5) is 0 Å². The number of hydrogen-bond donors (Lipinski definition) is 1. The van der Waals surface area contributed by atoms with Gasteiger partial charge in [-0.05, 0) is 0 Å². The second-order valence-electron chi connectivity index (χ2n) is 1.26. The molecule has 1 heterocycles. The van der Waals surface area contributed by atoms with Crippen LogP contribution in [0.3, 0.4) is 0 Å². The SMILES string of the molecule is OCC1[N-]C=C[N-]1.[Zn].[Zn]. The van der Waals surface area contributed by atoms with Gasteiger partial charge in [0, 0.05) is 45.6 Å². The molecule has 0 aromatic carbocycles. The summed E-state index contributed by atoms with van der Waals surface area (Å²) in [4.78, 5) is 0. The van der Waals surface area contributed by atoms with Crippen molar-refractivity contribution in [2.75, 3.05) is 6.61 Å². The van der Waals surface area contributed by atoms with Crippen molar-refractivity contribution in [2.24, 2.45) is 0 Å². The topological polar surface area (TPSA) is 48.4 Å². The van der Waals surface area contributed by atoms with Crippen LogP contribution in [0, 0.1) is 0 Å². The van der Waals surface area contributed by atoms with Crippen LogP contribution >= 0.6 is 0 Å². The third-order valence-corrected chi connectivity index (χ3v) is 0.746. The Kier molecular flexibility index (Phi) is 9.07. The van der Waals surface area contributed by atoms with Gasteiger partial charge in [-0.2, -0.15) is 6.17 Å². The van der Waals surface area contributed by atoms with Crippen molar-refractivity contribution in [2.45, 2.75) is 6.17 Å². The fourth-order valence-corrected chi connectivity index (χ4v) is 0.408. The van der Waals surface area contributed by atoms with Gasteiger partial charge in [0.05, 0.1) is 0 Å². The van der Waals surface area contributed by atoms with Gasteiger partial charge in [0.25, 0.3) is 0 Å². The molecule has 0 saturated heterocycles. The van der Waals surface area contributed by atoms with Crippen molar-refractivity contribution >= 4 is 0 Å². The molecule has 3 nitrogen and oxygen atoms in total. The minimum Gasteiger partial charge on any atom is -0.703 e. The van der Waals surface area contributed by atoms with E-state index in [1.807, 2.05) is 0 Å². The molecule has 44 valence electrons. The van der Waals surface area contributed by atoms with Crippen LogP contribution in [-0.2, 0) is 39.0 Å². The molecule has 0 aromatic heterocycles. The summed E-state index contributed by atoms with van der Waals surface area (Å²) < 4.78 is 0. The Bertz CT molecular complexity index is 80.6. The van der Waals surface area contributed by atoms with E-state index >= 15 is 0 Å². The molecule has 0 radical (unpaired) electrons. The smallest absolute Gasteiger partial charge is 0.0135 e. The fourth-order valence-electron chi connectivity index (χ4n) is 0.408. The minimum atomic E-state index is -0.208. The van der Waals surface area contributed by atoms with Crippen LogP contribution in [-0.4, -0.2) is 17.9 Å². The molecule has 1 aliphatic heterocycles. The first-order chi connectivity index (χ1) is 3.43. The van der Waals surface area contributed by atoms with E-state index in [1.54, 1.807) is 12.4 Å². The summed E-state index contributed by atoms with van der Waals surface area (Å²) in [5.74, 6) is 0. The molecule has 0 atom stereocenters. The van der Waals surface area contributed by atoms with E-state index in [0.717, 1.165) is 0 Å². The Hall–Kier alpha value is 0.547. The molecule has 0 bridgehead atoms. The van der Waals surface area contributed by atoms with Gasteiger partial charge in [-0.1, -0.05) is 0 Å². The molecule has 9 heavy (non-hydrogen) atoms. The first-order valence-corrected chi connectivity index (χ1v) is 2.09. The Morgan fingerprint density at radius 3 is 1.89 bits per heavy atom. The molecule has 1 aliphatic rings. The predicted molar refractivity (Wildman–Crippen MR) is 26.7 cm³/mol. The summed E-state index contributed by atoms with van der Waals surface area (Å²) in [5, 5.41) is 15.9. The van der Waals surface area contributed by atoms with Crippen molar-refractivity contribution < 1.29 is 44.1 Å². The van der Waals surface area contributed by atoms with Gasteiger partial charge in [0.1, 0.15) is 0 Å². The van der Waals surface area contributed by atoms with Gasteiger partial charge in [0.15, 0.2) is 0 Å². The molecule has 1 N–H and O–H groups in total. The monoisotopic (exact) mass is 226 g/mol. The molecule has 0 amide bonds. The number of nitrogens with zero attached hydrogens (tertiary/aromatic N) is 2. The molecular formula is C4H6N2OZn2-2. The van der Waals surface area contributed by atoms with Crippen LogP contribution in [0.2, 0.25) is 0 Å². The van der Waals surface area contributed by atoms with Crippen LogP contribution < -0.4 is 0 Å². The average Bonchev–Trinajstić information content (AvgIpc) is 2.14. The van der Waals surface area contributed by atoms with Crippen LogP contribution in [0.1, 0.15) is 0 Å². The standard InChI is InChI=1S/C4H6N2O.2Zn/c7-3-4-5-1-2-6-4;;/h1-2,4,7H,3H2;;/q-2;;. The Labute approximate surface area is 79.8 Å². The van der Waals surface area contributed by atoms with E-state index in [2.05, 4.69) is 10.6 Å². The molecular weight excluding hydrogens is 223 g/mol. The van der Waals surface area contributed by atoms with Gasteiger partial charge in [-0.25, -0.2) is 12.4 Å². The summed E-state index contributed by atoms with van der Waals surface area (Å²) in [5.41, 5.74) is 0. The predicted octanol–water partition coefficient (Wildman–Crippen LogP) is 0.532. The molecule has 0 saturated carbocycles. The zero-order valence-electron chi connectivity index (χ0n) is 5.20. The number of rotatable bonds is 1. The van der Waals surface area contributed by atoms with E-state index in [-0.39, 0.29) is 51.7 Å². The molecule has 0 aromatic rings. The first-order valence-electron chi connectivity index (χ1n) is 2.09. The van der Waals surface area contributed by atoms with E-state index in [0.29, 0.717) is 0 Å². The van der Waals surface area contributed by atoms with Gasteiger partial charge >= 0.3 is 0 Å². The fraction of sp³-hybridized carbons (Fsp3) is 0.500. The summed E-state index contributed by atoms with van der Waals surface area (Å²) >= 11 is 0. The quantitative estimate of drug-likeness (QED) is 0.655. The van der Waals surface area contributed by atoms with Crippen LogP contribution in [0.25, 0.3) is 10.6 Å². The third-order valence-electron chi connectivity index (χ3n) is 0.746. The summed E-state index contributed by atoms with van der Waals surface area (Å²) in [6.45, 7) is 0.0208. The maximum atomic E-state index is 8.34. The molecule has 5 heteroatoms. The summed E-state index contributed by atoms with van der Waals surface area (Å²) in [7, 11) is 0. The zero-order valence-corrected chi connectivity index (χ0v) is 11.1. The van der Waals surface area contributed by atoms with E-state index in [9.17, 15) is 0 Å². The molecule has 0 aliphatic carbocycles. The Morgan fingerprint density at radius 2 is 1.67 bits per heavy atom. The molecule has 0 fully saturated rings. The second-order valence-corrected chi connectivity index (χ2v) is 1.26.